The first kappa shape index (κ1) is 10.7. The van der Waals surface area contributed by atoms with Gasteiger partial charge in [0.15, 0.2) is 9.84 Å². The highest BCUT2D eigenvalue weighted by molar-refractivity contribution is 7.91. The highest BCUT2D eigenvalue weighted by Gasteiger charge is 2.23. The average Bonchev–Trinajstić information content (AvgIpc) is 2.41. The third-order valence-corrected chi connectivity index (χ3v) is 4.80. The Balaban J connectivity index is 2.22. The maximum atomic E-state index is 11.7. The van der Waals surface area contributed by atoms with Gasteiger partial charge in [0.1, 0.15) is 0 Å². The van der Waals surface area contributed by atoms with Crippen LogP contribution in [-0.2, 0) is 9.84 Å². The van der Waals surface area contributed by atoms with Gasteiger partial charge in [0.25, 0.3) is 0 Å². The molecule has 1 unspecified atom stereocenters. The van der Waals surface area contributed by atoms with Gasteiger partial charge in [-0.25, -0.2) is 8.42 Å². The Hall–Kier alpha value is -0.830. The molecule has 0 amide bonds. The fraction of sp³-hybridized carbons (Fsp3) is 0.500. The van der Waals surface area contributed by atoms with Gasteiger partial charge in [-0.3, -0.25) is 0 Å². The lowest BCUT2D eigenvalue weighted by Gasteiger charge is -2.13. The standard InChI is InChI=1S/C12H16O2S/c13-15(14)9-5-4-8-12(10-15)11-6-2-1-3-7-11/h1-3,6-7,12H,4-5,8-10H2. The summed E-state index contributed by atoms with van der Waals surface area (Å²) in [6, 6.07) is 9.99. The van der Waals surface area contributed by atoms with E-state index in [0.717, 1.165) is 19.3 Å². The topological polar surface area (TPSA) is 34.1 Å². The number of sulfone groups is 1. The van der Waals surface area contributed by atoms with Gasteiger partial charge in [-0.15, -0.1) is 0 Å². The Morgan fingerprint density at radius 3 is 2.53 bits per heavy atom. The molecule has 0 aromatic heterocycles. The number of benzene rings is 1. The molecular formula is C12H16O2S. The van der Waals surface area contributed by atoms with Crippen LogP contribution in [0.25, 0.3) is 0 Å². The molecule has 0 N–H and O–H groups in total. The summed E-state index contributed by atoms with van der Waals surface area (Å²) in [5, 5.41) is 0. The van der Waals surface area contributed by atoms with E-state index in [1.165, 1.54) is 5.56 Å². The lowest BCUT2D eigenvalue weighted by molar-refractivity contribution is 0.590. The fourth-order valence-electron chi connectivity index (χ4n) is 2.17. The Morgan fingerprint density at radius 1 is 1.07 bits per heavy atom. The lowest BCUT2D eigenvalue weighted by atomic mass is 9.96. The Kier molecular flexibility index (Phi) is 3.10. The van der Waals surface area contributed by atoms with Gasteiger partial charge in [0.2, 0.25) is 0 Å². The van der Waals surface area contributed by atoms with Crippen LogP contribution in [0.1, 0.15) is 30.7 Å². The summed E-state index contributed by atoms with van der Waals surface area (Å²) in [7, 11) is -2.82. The van der Waals surface area contributed by atoms with Crippen LogP contribution in [0.5, 0.6) is 0 Å². The summed E-state index contributed by atoms with van der Waals surface area (Å²) in [6.07, 6.45) is 2.85. The van der Waals surface area contributed by atoms with E-state index in [0.29, 0.717) is 11.5 Å². The van der Waals surface area contributed by atoms with Crippen molar-refractivity contribution in [3.8, 4) is 0 Å². The molecule has 0 saturated carbocycles. The molecule has 1 aromatic rings. The van der Waals surface area contributed by atoms with E-state index in [-0.39, 0.29) is 5.92 Å². The molecule has 0 radical (unpaired) electrons. The fourth-order valence-corrected chi connectivity index (χ4v) is 3.96. The maximum absolute atomic E-state index is 11.7. The van der Waals surface area contributed by atoms with E-state index in [1.54, 1.807) is 0 Å². The number of hydrogen-bond acceptors (Lipinski definition) is 2. The van der Waals surface area contributed by atoms with Gasteiger partial charge in [-0.2, -0.15) is 0 Å². The first-order valence-electron chi connectivity index (χ1n) is 5.43. The summed E-state index contributed by atoms with van der Waals surface area (Å²) >= 11 is 0. The SMILES string of the molecule is O=S1(=O)CCCCC(c2ccccc2)C1. The van der Waals surface area contributed by atoms with Crippen LogP contribution in [0.15, 0.2) is 30.3 Å². The minimum atomic E-state index is -2.82. The van der Waals surface area contributed by atoms with Gasteiger partial charge in [-0.1, -0.05) is 36.8 Å². The van der Waals surface area contributed by atoms with Crippen LogP contribution >= 0.6 is 0 Å². The zero-order valence-electron chi connectivity index (χ0n) is 8.72. The van der Waals surface area contributed by atoms with Crippen molar-refractivity contribution in [2.24, 2.45) is 0 Å². The van der Waals surface area contributed by atoms with Crippen molar-refractivity contribution in [2.75, 3.05) is 11.5 Å². The molecule has 1 aliphatic heterocycles. The second-order valence-electron chi connectivity index (χ2n) is 4.22. The van der Waals surface area contributed by atoms with Crippen LogP contribution < -0.4 is 0 Å². The molecule has 15 heavy (non-hydrogen) atoms. The molecule has 0 spiro atoms. The Bertz CT molecular complexity index is 409. The summed E-state index contributed by atoms with van der Waals surface area (Å²) in [5.41, 5.74) is 1.17. The second kappa shape index (κ2) is 4.35. The van der Waals surface area contributed by atoms with Gasteiger partial charge in [0, 0.05) is 0 Å². The van der Waals surface area contributed by atoms with E-state index >= 15 is 0 Å². The van der Waals surface area contributed by atoms with Crippen LogP contribution in [0.4, 0.5) is 0 Å². The molecule has 2 nitrogen and oxygen atoms in total. The minimum absolute atomic E-state index is 0.207. The highest BCUT2D eigenvalue weighted by atomic mass is 32.2. The molecule has 82 valence electrons. The summed E-state index contributed by atoms with van der Waals surface area (Å²) in [5.74, 6) is 0.909. The molecule has 1 heterocycles. The van der Waals surface area contributed by atoms with E-state index in [9.17, 15) is 8.42 Å². The van der Waals surface area contributed by atoms with Gasteiger partial charge < -0.3 is 0 Å². The molecule has 3 heteroatoms. The first-order valence-corrected chi connectivity index (χ1v) is 7.25. The lowest BCUT2D eigenvalue weighted by Crippen LogP contribution is -2.14. The molecule has 1 atom stereocenters. The third-order valence-electron chi connectivity index (χ3n) is 2.98. The Labute approximate surface area is 91.2 Å². The minimum Gasteiger partial charge on any atom is -0.229 e. The number of hydrogen-bond donors (Lipinski definition) is 0. The van der Waals surface area contributed by atoms with Crippen molar-refractivity contribution >= 4 is 9.84 Å². The van der Waals surface area contributed by atoms with Crippen LogP contribution in [0, 0.1) is 0 Å². The van der Waals surface area contributed by atoms with Gasteiger partial charge in [0.05, 0.1) is 11.5 Å². The van der Waals surface area contributed by atoms with Crippen LogP contribution in [0.2, 0.25) is 0 Å². The largest absolute Gasteiger partial charge is 0.229 e. The molecule has 1 saturated heterocycles. The molecular weight excluding hydrogens is 208 g/mol. The average molecular weight is 224 g/mol. The van der Waals surface area contributed by atoms with Crippen molar-refractivity contribution < 1.29 is 8.42 Å². The van der Waals surface area contributed by atoms with E-state index in [1.807, 2.05) is 30.3 Å². The van der Waals surface area contributed by atoms with Crippen molar-refractivity contribution in [1.82, 2.24) is 0 Å². The van der Waals surface area contributed by atoms with Gasteiger partial charge in [-0.05, 0) is 24.3 Å². The smallest absolute Gasteiger partial charge is 0.150 e. The zero-order chi connectivity index (χ0) is 10.7. The monoisotopic (exact) mass is 224 g/mol. The van der Waals surface area contributed by atoms with Crippen molar-refractivity contribution in [2.45, 2.75) is 25.2 Å². The molecule has 2 rings (SSSR count). The van der Waals surface area contributed by atoms with E-state index in [4.69, 9.17) is 0 Å². The summed E-state index contributed by atoms with van der Waals surface area (Å²) in [4.78, 5) is 0. The zero-order valence-corrected chi connectivity index (χ0v) is 9.54. The quantitative estimate of drug-likeness (QED) is 0.734. The second-order valence-corrected chi connectivity index (χ2v) is 6.45. The maximum Gasteiger partial charge on any atom is 0.150 e. The Morgan fingerprint density at radius 2 is 1.80 bits per heavy atom. The predicted octanol–water partition coefficient (Wildman–Crippen LogP) is 2.37. The number of rotatable bonds is 1. The van der Waals surface area contributed by atoms with E-state index in [2.05, 4.69) is 0 Å². The molecule has 1 fully saturated rings. The third kappa shape index (κ3) is 2.81. The van der Waals surface area contributed by atoms with Crippen molar-refractivity contribution in [3.05, 3.63) is 35.9 Å². The van der Waals surface area contributed by atoms with Crippen molar-refractivity contribution in [1.29, 1.82) is 0 Å². The van der Waals surface area contributed by atoms with Crippen molar-refractivity contribution in [3.63, 3.8) is 0 Å². The van der Waals surface area contributed by atoms with E-state index < -0.39 is 9.84 Å². The molecule has 1 aromatic carbocycles. The molecule has 1 aliphatic rings. The summed E-state index contributed by atoms with van der Waals surface area (Å²) in [6.45, 7) is 0. The normalized spacial score (nSPS) is 25.7. The summed E-state index contributed by atoms with van der Waals surface area (Å²) < 4.78 is 23.3. The van der Waals surface area contributed by atoms with Gasteiger partial charge >= 0.3 is 0 Å². The predicted molar refractivity (Wildman–Crippen MR) is 61.7 cm³/mol. The molecule has 0 aliphatic carbocycles. The molecule has 0 bridgehead atoms. The van der Waals surface area contributed by atoms with Crippen LogP contribution in [-0.4, -0.2) is 19.9 Å². The first-order chi connectivity index (χ1) is 7.17. The highest BCUT2D eigenvalue weighted by Crippen LogP contribution is 2.27. The van der Waals surface area contributed by atoms with Crippen LogP contribution in [0.3, 0.4) is 0 Å².